The van der Waals surface area contributed by atoms with Gasteiger partial charge in [0.05, 0.1) is 35.4 Å². The number of nitrogens with zero attached hydrogens (tertiary/aromatic N) is 4. The number of rotatable bonds is 6. The Morgan fingerprint density at radius 2 is 1.96 bits per heavy atom. The van der Waals surface area contributed by atoms with E-state index in [2.05, 4.69) is 15.5 Å². The third-order valence-corrected chi connectivity index (χ3v) is 4.75. The van der Waals surface area contributed by atoms with Gasteiger partial charge in [0, 0.05) is 18.5 Å². The minimum atomic E-state index is -0.207. The topological polar surface area (TPSA) is 81.8 Å². The number of hydrogen-bond donors (Lipinski definition) is 1. The lowest BCUT2D eigenvalue weighted by Crippen LogP contribution is -2.32. The first kappa shape index (κ1) is 17.2. The average molecular weight is 363 g/mol. The number of carbonyl (C=O) groups is 1. The predicted molar refractivity (Wildman–Crippen MR) is 101 cm³/mol. The number of benzene rings is 1. The standard InChI is InChI=1S/C20H21N5O2/c1-14-17(13-22-25(14)16-5-3-2-4-6-16)20(27)21-11-12-24-19(26)10-9-18(23-24)15-7-8-15/h2-6,9-10,13,15H,7-8,11-12H2,1H3,(H,21,27). The molecule has 3 aromatic rings. The number of amides is 1. The molecule has 1 N–H and O–H groups in total. The molecule has 0 aliphatic heterocycles. The quantitative estimate of drug-likeness (QED) is 0.727. The first-order valence-electron chi connectivity index (χ1n) is 9.10. The molecule has 27 heavy (non-hydrogen) atoms. The summed E-state index contributed by atoms with van der Waals surface area (Å²) in [6.07, 6.45) is 3.83. The van der Waals surface area contributed by atoms with Gasteiger partial charge in [-0.25, -0.2) is 9.36 Å². The first-order valence-corrected chi connectivity index (χ1v) is 9.10. The Kier molecular flexibility index (Phi) is 4.58. The molecule has 0 unspecified atom stereocenters. The lowest BCUT2D eigenvalue weighted by atomic mass is 10.2. The van der Waals surface area contributed by atoms with Crippen LogP contribution in [-0.4, -0.2) is 32.0 Å². The van der Waals surface area contributed by atoms with E-state index in [0.29, 0.717) is 24.6 Å². The molecule has 0 spiro atoms. The van der Waals surface area contributed by atoms with E-state index in [4.69, 9.17) is 0 Å². The lowest BCUT2D eigenvalue weighted by Gasteiger charge is -2.08. The Morgan fingerprint density at radius 3 is 2.70 bits per heavy atom. The molecule has 0 saturated heterocycles. The van der Waals surface area contributed by atoms with Gasteiger partial charge in [-0.2, -0.15) is 10.2 Å². The van der Waals surface area contributed by atoms with Crippen molar-refractivity contribution in [3.8, 4) is 5.69 Å². The Balaban J connectivity index is 1.41. The zero-order valence-electron chi connectivity index (χ0n) is 15.1. The molecule has 1 aliphatic rings. The van der Waals surface area contributed by atoms with Gasteiger partial charge in [-0.1, -0.05) is 18.2 Å². The Morgan fingerprint density at radius 1 is 1.19 bits per heavy atom. The maximum absolute atomic E-state index is 12.5. The highest BCUT2D eigenvalue weighted by Crippen LogP contribution is 2.38. The van der Waals surface area contributed by atoms with E-state index in [1.54, 1.807) is 23.0 Å². The minimum absolute atomic E-state index is 0.151. The van der Waals surface area contributed by atoms with Gasteiger partial charge in [0.15, 0.2) is 0 Å². The summed E-state index contributed by atoms with van der Waals surface area (Å²) in [5.41, 5.74) is 3.00. The van der Waals surface area contributed by atoms with Gasteiger partial charge < -0.3 is 5.32 Å². The van der Waals surface area contributed by atoms with Crippen LogP contribution in [0.1, 0.15) is 40.5 Å². The molecule has 2 heterocycles. The average Bonchev–Trinajstić information content (AvgIpc) is 3.46. The fraction of sp³-hybridized carbons (Fsp3) is 0.300. The van der Waals surface area contributed by atoms with Crippen molar-refractivity contribution in [2.24, 2.45) is 0 Å². The highest BCUT2D eigenvalue weighted by atomic mass is 16.2. The van der Waals surface area contributed by atoms with Crippen LogP contribution in [0.25, 0.3) is 5.69 Å². The Labute approximate surface area is 156 Å². The van der Waals surface area contributed by atoms with Crippen molar-refractivity contribution in [3.05, 3.63) is 76.0 Å². The molecule has 1 fully saturated rings. The van der Waals surface area contributed by atoms with E-state index < -0.39 is 0 Å². The summed E-state index contributed by atoms with van der Waals surface area (Å²) < 4.78 is 3.16. The summed E-state index contributed by atoms with van der Waals surface area (Å²) >= 11 is 0. The number of nitrogens with one attached hydrogen (secondary N) is 1. The molecule has 0 bridgehead atoms. The van der Waals surface area contributed by atoms with Crippen LogP contribution in [0.4, 0.5) is 0 Å². The molecule has 1 aliphatic carbocycles. The molecule has 138 valence electrons. The third kappa shape index (κ3) is 3.67. The summed E-state index contributed by atoms with van der Waals surface area (Å²) in [6, 6.07) is 13.0. The van der Waals surface area contributed by atoms with E-state index in [9.17, 15) is 9.59 Å². The molecule has 1 saturated carbocycles. The summed E-state index contributed by atoms with van der Waals surface area (Å²) in [4.78, 5) is 24.4. The van der Waals surface area contributed by atoms with Crippen LogP contribution < -0.4 is 10.9 Å². The van der Waals surface area contributed by atoms with Crippen LogP contribution >= 0.6 is 0 Å². The van der Waals surface area contributed by atoms with Gasteiger partial charge in [0.25, 0.3) is 11.5 Å². The number of carbonyl (C=O) groups excluding carboxylic acids is 1. The molecule has 7 heteroatoms. The van der Waals surface area contributed by atoms with Crippen molar-refractivity contribution in [1.29, 1.82) is 0 Å². The molecule has 0 radical (unpaired) electrons. The number of hydrogen-bond acceptors (Lipinski definition) is 4. The van der Waals surface area contributed by atoms with Crippen LogP contribution in [0.2, 0.25) is 0 Å². The van der Waals surface area contributed by atoms with Crippen LogP contribution in [0, 0.1) is 6.92 Å². The SMILES string of the molecule is Cc1c(C(=O)NCCn2nc(C3CC3)ccc2=O)cnn1-c1ccccc1. The van der Waals surface area contributed by atoms with Crippen molar-refractivity contribution in [3.63, 3.8) is 0 Å². The first-order chi connectivity index (χ1) is 13.1. The van der Waals surface area contributed by atoms with Gasteiger partial charge in [-0.05, 0) is 38.0 Å². The number of para-hydroxylation sites is 1. The summed E-state index contributed by atoms with van der Waals surface area (Å²) in [5, 5.41) is 11.6. The molecular weight excluding hydrogens is 342 g/mol. The minimum Gasteiger partial charge on any atom is -0.350 e. The Bertz CT molecular complexity index is 1020. The third-order valence-electron chi connectivity index (χ3n) is 4.75. The van der Waals surface area contributed by atoms with E-state index >= 15 is 0 Å². The molecule has 1 aromatic carbocycles. The summed E-state index contributed by atoms with van der Waals surface area (Å²) in [7, 11) is 0. The molecule has 7 nitrogen and oxygen atoms in total. The zero-order valence-corrected chi connectivity index (χ0v) is 15.1. The molecule has 1 amide bonds. The van der Waals surface area contributed by atoms with E-state index in [-0.39, 0.29) is 11.5 Å². The van der Waals surface area contributed by atoms with E-state index in [1.165, 1.54) is 4.68 Å². The summed E-state index contributed by atoms with van der Waals surface area (Å²) in [5.74, 6) is 0.277. The predicted octanol–water partition coefficient (Wildman–Crippen LogP) is 2.04. The molecule has 0 atom stereocenters. The van der Waals surface area contributed by atoms with Gasteiger partial charge >= 0.3 is 0 Å². The van der Waals surface area contributed by atoms with Crippen molar-refractivity contribution in [2.45, 2.75) is 32.2 Å². The second kappa shape index (κ2) is 7.19. The van der Waals surface area contributed by atoms with E-state index in [1.807, 2.05) is 37.3 Å². The normalized spacial score (nSPS) is 13.5. The number of aromatic nitrogens is 4. The highest BCUT2D eigenvalue weighted by molar-refractivity contribution is 5.95. The monoisotopic (exact) mass is 363 g/mol. The van der Waals surface area contributed by atoms with Gasteiger partial charge in [0.1, 0.15) is 0 Å². The highest BCUT2D eigenvalue weighted by Gasteiger charge is 2.25. The molecule has 2 aromatic heterocycles. The van der Waals surface area contributed by atoms with Gasteiger partial charge in [0.2, 0.25) is 0 Å². The van der Waals surface area contributed by atoms with Crippen molar-refractivity contribution in [2.75, 3.05) is 6.54 Å². The van der Waals surface area contributed by atoms with Crippen LogP contribution in [-0.2, 0) is 6.54 Å². The molecule has 4 rings (SSSR count). The second-order valence-corrected chi connectivity index (χ2v) is 6.74. The van der Waals surface area contributed by atoms with E-state index in [0.717, 1.165) is 29.9 Å². The molecular formula is C20H21N5O2. The fourth-order valence-corrected chi connectivity index (χ4v) is 3.05. The van der Waals surface area contributed by atoms with Gasteiger partial charge in [-0.15, -0.1) is 0 Å². The van der Waals surface area contributed by atoms with Gasteiger partial charge in [-0.3, -0.25) is 9.59 Å². The van der Waals surface area contributed by atoms with Crippen LogP contribution in [0.15, 0.2) is 53.5 Å². The fourth-order valence-electron chi connectivity index (χ4n) is 3.05. The lowest BCUT2D eigenvalue weighted by molar-refractivity contribution is 0.0951. The largest absolute Gasteiger partial charge is 0.350 e. The Hall–Kier alpha value is -3.22. The van der Waals surface area contributed by atoms with Crippen LogP contribution in [0.3, 0.4) is 0 Å². The smallest absolute Gasteiger partial charge is 0.266 e. The maximum atomic E-state index is 12.5. The van der Waals surface area contributed by atoms with Crippen molar-refractivity contribution >= 4 is 5.91 Å². The maximum Gasteiger partial charge on any atom is 0.266 e. The van der Waals surface area contributed by atoms with Crippen molar-refractivity contribution in [1.82, 2.24) is 24.9 Å². The summed E-state index contributed by atoms with van der Waals surface area (Å²) in [6.45, 7) is 2.53. The van der Waals surface area contributed by atoms with Crippen molar-refractivity contribution < 1.29 is 4.79 Å². The zero-order chi connectivity index (χ0) is 18.8. The van der Waals surface area contributed by atoms with Crippen LogP contribution in [0.5, 0.6) is 0 Å². The second-order valence-electron chi connectivity index (χ2n) is 6.74.